The molecular formula is C16H23FN2O. The number of halogens is 1. The summed E-state index contributed by atoms with van der Waals surface area (Å²) >= 11 is 0. The predicted octanol–water partition coefficient (Wildman–Crippen LogP) is 3.69. The molecule has 0 bridgehead atoms. The van der Waals surface area contributed by atoms with Crippen LogP contribution in [0.2, 0.25) is 0 Å². The number of oxime groups is 1. The lowest BCUT2D eigenvalue weighted by Crippen LogP contribution is -2.30. The molecule has 1 aromatic rings. The van der Waals surface area contributed by atoms with Crippen LogP contribution in [0.4, 0.5) is 4.39 Å². The van der Waals surface area contributed by atoms with Gasteiger partial charge >= 0.3 is 0 Å². The summed E-state index contributed by atoms with van der Waals surface area (Å²) in [5, 5.41) is 11.8. The van der Waals surface area contributed by atoms with Crippen LogP contribution in [-0.4, -0.2) is 30.4 Å². The van der Waals surface area contributed by atoms with Crippen molar-refractivity contribution in [1.29, 1.82) is 0 Å². The fourth-order valence-electron chi connectivity index (χ4n) is 3.39. The Morgan fingerprint density at radius 2 is 2.00 bits per heavy atom. The van der Waals surface area contributed by atoms with Crippen molar-refractivity contribution in [2.75, 3.05) is 14.1 Å². The van der Waals surface area contributed by atoms with E-state index in [1.54, 1.807) is 18.3 Å². The van der Waals surface area contributed by atoms with Gasteiger partial charge in [0.1, 0.15) is 5.82 Å². The van der Waals surface area contributed by atoms with Crippen molar-refractivity contribution < 1.29 is 9.60 Å². The van der Waals surface area contributed by atoms with Gasteiger partial charge in [0.25, 0.3) is 0 Å². The van der Waals surface area contributed by atoms with E-state index in [9.17, 15) is 4.39 Å². The van der Waals surface area contributed by atoms with Gasteiger partial charge < -0.3 is 10.1 Å². The maximum absolute atomic E-state index is 13.5. The van der Waals surface area contributed by atoms with Crippen LogP contribution >= 0.6 is 0 Å². The molecule has 1 unspecified atom stereocenters. The molecule has 1 fully saturated rings. The summed E-state index contributed by atoms with van der Waals surface area (Å²) in [5.41, 5.74) is 1.05. The predicted molar refractivity (Wildman–Crippen MR) is 78.6 cm³/mol. The lowest BCUT2D eigenvalue weighted by molar-refractivity contribution is 0.162. The summed E-state index contributed by atoms with van der Waals surface area (Å²) in [4.78, 5) is 2.18. The summed E-state index contributed by atoms with van der Waals surface area (Å²) in [7, 11) is 4.10. The number of rotatable bonds is 4. The SMILES string of the molecule is CN(C)C(c1cccc(F)c1)C1CCC(/C=N\O)CC1. The Kier molecular flexibility index (Phi) is 5.12. The maximum Gasteiger partial charge on any atom is 0.123 e. The lowest BCUT2D eigenvalue weighted by Gasteiger charge is -2.36. The van der Waals surface area contributed by atoms with Gasteiger partial charge in [-0.2, -0.15) is 0 Å². The molecule has 0 radical (unpaired) electrons. The van der Waals surface area contributed by atoms with E-state index in [-0.39, 0.29) is 11.9 Å². The van der Waals surface area contributed by atoms with Crippen molar-refractivity contribution in [2.45, 2.75) is 31.7 Å². The van der Waals surface area contributed by atoms with E-state index in [1.165, 1.54) is 6.07 Å². The molecule has 1 N–H and O–H groups in total. The van der Waals surface area contributed by atoms with Crippen LogP contribution in [0.3, 0.4) is 0 Å². The molecular weight excluding hydrogens is 255 g/mol. The van der Waals surface area contributed by atoms with Crippen LogP contribution in [-0.2, 0) is 0 Å². The summed E-state index contributed by atoms with van der Waals surface area (Å²) in [6.45, 7) is 0. The van der Waals surface area contributed by atoms with E-state index in [2.05, 4.69) is 24.2 Å². The Morgan fingerprint density at radius 3 is 2.55 bits per heavy atom. The van der Waals surface area contributed by atoms with Crippen molar-refractivity contribution in [3.63, 3.8) is 0 Å². The highest BCUT2D eigenvalue weighted by Crippen LogP contribution is 2.38. The molecule has 0 heterocycles. The van der Waals surface area contributed by atoms with Crippen LogP contribution in [0.15, 0.2) is 29.4 Å². The molecule has 0 saturated heterocycles. The first kappa shape index (κ1) is 15.0. The van der Waals surface area contributed by atoms with Crippen LogP contribution < -0.4 is 0 Å². The Hall–Kier alpha value is -1.42. The topological polar surface area (TPSA) is 35.8 Å². The Morgan fingerprint density at radius 1 is 1.30 bits per heavy atom. The normalized spacial score (nSPS) is 25.2. The number of nitrogens with zero attached hydrogens (tertiary/aromatic N) is 2. The molecule has 1 saturated carbocycles. The van der Waals surface area contributed by atoms with E-state index in [4.69, 9.17) is 5.21 Å². The first-order valence-corrected chi connectivity index (χ1v) is 7.21. The van der Waals surface area contributed by atoms with Crippen LogP contribution in [0.1, 0.15) is 37.3 Å². The zero-order valence-corrected chi connectivity index (χ0v) is 12.2. The van der Waals surface area contributed by atoms with E-state index in [0.29, 0.717) is 11.8 Å². The average molecular weight is 278 g/mol. The maximum atomic E-state index is 13.5. The molecule has 110 valence electrons. The van der Waals surface area contributed by atoms with Gasteiger partial charge in [-0.25, -0.2) is 4.39 Å². The minimum Gasteiger partial charge on any atom is -0.411 e. The van der Waals surface area contributed by atoms with Crippen LogP contribution in [0.25, 0.3) is 0 Å². The fourth-order valence-corrected chi connectivity index (χ4v) is 3.39. The first-order chi connectivity index (χ1) is 9.61. The van der Waals surface area contributed by atoms with Gasteiger partial charge in [-0.3, -0.25) is 0 Å². The van der Waals surface area contributed by atoms with Crippen molar-refractivity contribution in [3.05, 3.63) is 35.6 Å². The molecule has 0 amide bonds. The van der Waals surface area contributed by atoms with Gasteiger partial charge in [0.05, 0.1) is 0 Å². The minimum atomic E-state index is -0.171. The van der Waals surface area contributed by atoms with Crippen molar-refractivity contribution in [3.8, 4) is 0 Å². The monoisotopic (exact) mass is 278 g/mol. The molecule has 0 aromatic heterocycles. The zero-order valence-electron chi connectivity index (χ0n) is 12.2. The smallest absolute Gasteiger partial charge is 0.123 e. The van der Waals surface area contributed by atoms with Crippen molar-refractivity contribution >= 4 is 6.21 Å². The second-order valence-electron chi connectivity index (χ2n) is 5.90. The quantitative estimate of drug-likeness (QED) is 0.518. The number of benzene rings is 1. The van der Waals surface area contributed by atoms with E-state index >= 15 is 0 Å². The van der Waals surface area contributed by atoms with E-state index in [1.807, 2.05) is 6.07 Å². The minimum absolute atomic E-state index is 0.171. The molecule has 3 nitrogen and oxygen atoms in total. The third-order valence-corrected chi connectivity index (χ3v) is 4.29. The van der Waals surface area contributed by atoms with Crippen LogP contribution in [0, 0.1) is 17.7 Å². The number of hydrogen-bond donors (Lipinski definition) is 1. The van der Waals surface area contributed by atoms with Crippen LogP contribution in [0.5, 0.6) is 0 Å². The van der Waals surface area contributed by atoms with Crippen molar-refractivity contribution in [1.82, 2.24) is 4.90 Å². The molecule has 1 aliphatic carbocycles. The van der Waals surface area contributed by atoms with Gasteiger partial charge in [-0.15, -0.1) is 5.16 Å². The molecule has 0 aliphatic heterocycles. The van der Waals surface area contributed by atoms with Gasteiger partial charge in [0.2, 0.25) is 0 Å². The lowest BCUT2D eigenvalue weighted by atomic mass is 9.76. The third-order valence-electron chi connectivity index (χ3n) is 4.29. The summed E-state index contributed by atoms with van der Waals surface area (Å²) in [6, 6.07) is 7.18. The fraction of sp³-hybridized carbons (Fsp3) is 0.562. The van der Waals surface area contributed by atoms with Gasteiger partial charge in [-0.05, 0) is 69.3 Å². The summed E-state index contributed by atoms with van der Waals surface area (Å²) < 4.78 is 13.5. The molecule has 4 heteroatoms. The van der Waals surface area contributed by atoms with Gasteiger partial charge in [0.15, 0.2) is 0 Å². The summed E-state index contributed by atoms with van der Waals surface area (Å²) in [6.07, 6.45) is 5.87. The Labute approximate surface area is 120 Å². The van der Waals surface area contributed by atoms with E-state index < -0.39 is 0 Å². The number of hydrogen-bond acceptors (Lipinski definition) is 3. The summed E-state index contributed by atoms with van der Waals surface area (Å²) in [5.74, 6) is 0.733. The largest absolute Gasteiger partial charge is 0.411 e. The molecule has 1 atom stereocenters. The zero-order chi connectivity index (χ0) is 14.5. The first-order valence-electron chi connectivity index (χ1n) is 7.21. The second kappa shape index (κ2) is 6.84. The van der Waals surface area contributed by atoms with E-state index in [0.717, 1.165) is 31.2 Å². The molecule has 1 aromatic carbocycles. The molecule has 2 rings (SSSR count). The second-order valence-corrected chi connectivity index (χ2v) is 5.90. The Bertz CT molecular complexity index is 454. The molecule has 0 spiro atoms. The molecule has 20 heavy (non-hydrogen) atoms. The molecule has 1 aliphatic rings. The van der Waals surface area contributed by atoms with Crippen molar-refractivity contribution in [2.24, 2.45) is 17.0 Å². The average Bonchev–Trinajstić information content (AvgIpc) is 2.41. The van der Waals surface area contributed by atoms with Gasteiger partial charge in [-0.1, -0.05) is 12.1 Å². The highest BCUT2D eigenvalue weighted by molar-refractivity contribution is 5.59. The standard InChI is InChI=1S/C16H23FN2O/c1-19(2)16(14-4-3-5-15(17)10-14)13-8-6-12(7-9-13)11-18-20/h3-5,10-13,16,20H,6-9H2,1-2H3/b18-11-. The highest BCUT2D eigenvalue weighted by Gasteiger charge is 2.29. The highest BCUT2D eigenvalue weighted by atomic mass is 19.1. The third kappa shape index (κ3) is 3.57. The Balaban J connectivity index is 2.11. The van der Waals surface area contributed by atoms with Gasteiger partial charge in [0, 0.05) is 12.3 Å².